The van der Waals surface area contributed by atoms with Crippen LogP contribution in [0.4, 0.5) is 17.1 Å². The van der Waals surface area contributed by atoms with Gasteiger partial charge in [-0.05, 0) is 62.3 Å². The largest absolute Gasteiger partial charge is 0.326 e. The molecule has 0 atom stereocenters. The van der Waals surface area contributed by atoms with Gasteiger partial charge in [0.1, 0.15) is 0 Å². The fourth-order valence-corrected chi connectivity index (χ4v) is 4.02. The summed E-state index contributed by atoms with van der Waals surface area (Å²) in [4.78, 5) is 40.0. The van der Waals surface area contributed by atoms with Crippen LogP contribution in [-0.4, -0.2) is 42.3 Å². The zero-order valence-corrected chi connectivity index (χ0v) is 18.9. The molecule has 1 heterocycles. The molecule has 1 aliphatic rings. The van der Waals surface area contributed by atoms with Crippen LogP contribution in [-0.2, 0) is 9.59 Å². The summed E-state index contributed by atoms with van der Waals surface area (Å²) in [5.74, 6) is -0.518. The van der Waals surface area contributed by atoms with Crippen LogP contribution in [0.5, 0.6) is 0 Å². The Bertz CT molecular complexity index is 1130. The number of nitrogens with one attached hydrogen (secondary N) is 3. The highest BCUT2D eigenvalue weighted by atomic mass is 16.2. The van der Waals surface area contributed by atoms with Gasteiger partial charge >= 0.3 is 0 Å². The molecule has 0 radical (unpaired) electrons. The molecule has 3 aromatic rings. The lowest BCUT2D eigenvalue weighted by Crippen LogP contribution is -2.41. The van der Waals surface area contributed by atoms with E-state index in [9.17, 15) is 14.4 Å². The molecule has 0 unspecified atom stereocenters. The zero-order valence-electron chi connectivity index (χ0n) is 18.9. The minimum atomic E-state index is -0.285. The van der Waals surface area contributed by atoms with Crippen molar-refractivity contribution in [3.05, 3.63) is 90.5 Å². The number of amides is 3. The van der Waals surface area contributed by atoms with Crippen molar-refractivity contribution in [1.82, 2.24) is 4.90 Å². The first kappa shape index (κ1) is 23.2. The number of likely N-dealkylation sites (tertiary alicyclic amines) is 1. The molecule has 1 aliphatic heterocycles. The van der Waals surface area contributed by atoms with Crippen molar-refractivity contribution in [1.29, 1.82) is 0 Å². The molecule has 7 heteroatoms. The minimum Gasteiger partial charge on any atom is -0.326 e. The number of nitrogens with zero attached hydrogens (tertiary/aromatic N) is 1. The lowest BCUT2D eigenvalue weighted by molar-refractivity contribution is -0.121. The van der Waals surface area contributed by atoms with Gasteiger partial charge in [-0.2, -0.15) is 0 Å². The number of anilines is 3. The van der Waals surface area contributed by atoms with Crippen LogP contribution in [0.1, 0.15) is 23.2 Å². The highest BCUT2D eigenvalue weighted by Crippen LogP contribution is 2.21. The van der Waals surface area contributed by atoms with Gasteiger partial charge in [0, 0.05) is 17.3 Å². The summed E-state index contributed by atoms with van der Waals surface area (Å²) >= 11 is 0. The Kier molecular flexibility index (Phi) is 7.67. The Morgan fingerprint density at radius 2 is 1.26 bits per heavy atom. The average Bonchev–Trinajstić information content (AvgIpc) is 2.86. The fraction of sp³-hybridized carbons (Fsp3) is 0.222. The number of carbonyl (C=O) groups is 3. The van der Waals surface area contributed by atoms with Crippen LogP contribution in [0.3, 0.4) is 0 Å². The third kappa shape index (κ3) is 6.30. The SMILES string of the molecule is O=C(CN1CCC(C(=O)Nc2ccccc2)CC1)Nc1ccccc1C(=O)Nc1ccccc1. The Morgan fingerprint density at radius 3 is 1.91 bits per heavy atom. The maximum Gasteiger partial charge on any atom is 0.257 e. The van der Waals surface area contributed by atoms with Gasteiger partial charge in [-0.15, -0.1) is 0 Å². The molecule has 34 heavy (non-hydrogen) atoms. The van der Waals surface area contributed by atoms with Gasteiger partial charge in [0.25, 0.3) is 5.91 Å². The molecule has 1 saturated heterocycles. The van der Waals surface area contributed by atoms with Crippen LogP contribution in [0.15, 0.2) is 84.9 Å². The van der Waals surface area contributed by atoms with E-state index in [-0.39, 0.29) is 30.2 Å². The number of carbonyl (C=O) groups excluding carboxylic acids is 3. The summed E-state index contributed by atoms with van der Waals surface area (Å²) in [6, 6.07) is 25.6. The molecule has 3 N–H and O–H groups in total. The second-order valence-corrected chi connectivity index (χ2v) is 8.32. The van der Waals surface area contributed by atoms with Crippen LogP contribution in [0.2, 0.25) is 0 Å². The summed E-state index contributed by atoms with van der Waals surface area (Å²) in [6.07, 6.45) is 1.39. The van der Waals surface area contributed by atoms with Gasteiger partial charge in [0.15, 0.2) is 0 Å². The van der Waals surface area contributed by atoms with Crippen molar-refractivity contribution < 1.29 is 14.4 Å². The van der Waals surface area contributed by atoms with Crippen molar-refractivity contribution >= 4 is 34.8 Å². The lowest BCUT2D eigenvalue weighted by atomic mass is 9.96. The predicted octanol–water partition coefficient (Wildman–Crippen LogP) is 4.23. The molecular formula is C27H28N4O3. The Balaban J connectivity index is 1.28. The van der Waals surface area contributed by atoms with Crippen molar-refractivity contribution in [2.75, 3.05) is 35.6 Å². The van der Waals surface area contributed by atoms with Crippen molar-refractivity contribution in [2.24, 2.45) is 5.92 Å². The van der Waals surface area contributed by atoms with E-state index in [1.807, 2.05) is 65.6 Å². The highest BCUT2D eigenvalue weighted by molar-refractivity contribution is 6.10. The maximum absolute atomic E-state index is 12.7. The van der Waals surface area contributed by atoms with Crippen molar-refractivity contribution in [2.45, 2.75) is 12.8 Å². The molecule has 174 valence electrons. The van der Waals surface area contributed by atoms with E-state index in [2.05, 4.69) is 16.0 Å². The standard InChI is InChI=1S/C27H28N4O3/c32-25(19-31-17-15-20(16-18-31)26(33)28-21-9-3-1-4-10-21)30-24-14-8-7-13-23(24)27(34)29-22-11-5-2-6-12-22/h1-14,20H,15-19H2,(H,28,33)(H,29,34)(H,30,32). The molecule has 0 aromatic heterocycles. The van der Waals surface area contributed by atoms with E-state index < -0.39 is 0 Å². The fourth-order valence-electron chi connectivity index (χ4n) is 4.02. The zero-order chi connectivity index (χ0) is 23.8. The molecule has 1 fully saturated rings. The topological polar surface area (TPSA) is 90.5 Å². The van der Waals surface area contributed by atoms with E-state index in [4.69, 9.17) is 0 Å². The predicted molar refractivity (Wildman–Crippen MR) is 134 cm³/mol. The maximum atomic E-state index is 12.7. The van der Waals surface area contributed by atoms with E-state index in [0.717, 1.165) is 5.69 Å². The number of para-hydroxylation sites is 3. The van der Waals surface area contributed by atoms with Crippen LogP contribution >= 0.6 is 0 Å². The van der Waals surface area contributed by atoms with Gasteiger partial charge < -0.3 is 16.0 Å². The highest BCUT2D eigenvalue weighted by Gasteiger charge is 2.26. The molecule has 0 aliphatic carbocycles. The quantitative estimate of drug-likeness (QED) is 0.496. The Labute approximate surface area is 199 Å². The Hall–Kier alpha value is -3.97. The first-order chi connectivity index (χ1) is 16.6. The van der Waals surface area contributed by atoms with Gasteiger partial charge in [-0.25, -0.2) is 0 Å². The van der Waals surface area contributed by atoms with Crippen LogP contribution in [0.25, 0.3) is 0 Å². The van der Waals surface area contributed by atoms with Gasteiger partial charge in [-0.1, -0.05) is 48.5 Å². The lowest BCUT2D eigenvalue weighted by Gasteiger charge is -2.30. The first-order valence-electron chi connectivity index (χ1n) is 11.4. The number of hydrogen-bond donors (Lipinski definition) is 3. The summed E-state index contributed by atoms with van der Waals surface area (Å²) in [5.41, 5.74) is 2.35. The number of rotatable bonds is 7. The molecule has 3 amide bonds. The first-order valence-corrected chi connectivity index (χ1v) is 11.4. The van der Waals surface area contributed by atoms with E-state index in [0.29, 0.717) is 42.9 Å². The normalized spacial score (nSPS) is 14.2. The molecule has 0 spiro atoms. The van der Waals surface area contributed by atoms with Gasteiger partial charge in [0.2, 0.25) is 11.8 Å². The van der Waals surface area contributed by atoms with Gasteiger partial charge in [-0.3, -0.25) is 19.3 Å². The molecule has 7 nitrogen and oxygen atoms in total. The number of hydrogen-bond acceptors (Lipinski definition) is 4. The molecule has 0 bridgehead atoms. The number of piperidine rings is 1. The minimum absolute atomic E-state index is 0.0219. The molecule has 0 saturated carbocycles. The monoisotopic (exact) mass is 456 g/mol. The summed E-state index contributed by atoms with van der Waals surface area (Å²) in [7, 11) is 0. The van der Waals surface area contributed by atoms with Crippen molar-refractivity contribution in [3.8, 4) is 0 Å². The van der Waals surface area contributed by atoms with Crippen LogP contribution in [0, 0.1) is 5.92 Å². The average molecular weight is 457 g/mol. The van der Waals surface area contributed by atoms with E-state index in [1.165, 1.54) is 0 Å². The van der Waals surface area contributed by atoms with Crippen LogP contribution < -0.4 is 16.0 Å². The second-order valence-electron chi connectivity index (χ2n) is 8.32. The molecular weight excluding hydrogens is 428 g/mol. The summed E-state index contributed by atoms with van der Waals surface area (Å²) < 4.78 is 0. The summed E-state index contributed by atoms with van der Waals surface area (Å²) in [5, 5.41) is 8.68. The third-order valence-corrected chi connectivity index (χ3v) is 5.84. The second kappa shape index (κ2) is 11.2. The van der Waals surface area contributed by atoms with Gasteiger partial charge in [0.05, 0.1) is 17.8 Å². The summed E-state index contributed by atoms with van der Waals surface area (Å²) in [6.45, 7) is 1.54. The Morgan fingerprint density at radius 1 is 0.706 bits per heavy atom. The van der Waals surface area contributed by atoms with E-state index >= 15 is 0 Å². The molecule has 4 rings (SSSR count). The smallest absolute Gasteiger partial charge is 0.257 e. The number of benzene rings is 3. The molecule has 3 aromatic carbocycles. The van der Waals surface area contributed by atoms with Crippen molar-refractivity contribution in [3.63, 3.8) is 0 Å². The van der Waals surface area contributed by atoms with E-state index in [1.54, 1.807) is 24.3 Å². The third-order valence-electron chi connectivity index (χ3n) is 5.84.